The number of esters is 1. The first kappa shape index (κ1) is 21.1. The maximum absolute atomic E-state index is 12.8. The highest BCUT2D eigenvalue weighted by atomic mass is 35.5. The van der Waals surface area contributed by atoms with Gasteiger partial charge < -0.3 is 10.1 Å². The third kappa shape index (κ3) is 4.68. The molecule has 1 atom stereocenters. The first-order valence-electron chi connectivity index (χ1n) is 8.80. The SMILES string of the molecule is COC(=O)C1C(=O)c2cc(Cl)ccc2N=C1SCC(=O)Nc1ccc(C)cc1C. The van der Waals surface area contributed by atoms with Gasteiger partial charge in [-0.1, -0.05) is 41.1 Å². The quantitative estimate of drug-likeness (QED) is 0.576. The zero-order valence-electron chi connectivity index (χ0n) is 16.1. The topological polar surface area (TPSA) is 84.8 Å². The van der Waals surface area contributed by atoms with Crippen molar-refractivity contribution in [2.24, 2.45) is 10.9 Å². The number of hydrogen-bond acceptors (Lipinski definition) is 6. The van der Waals surface area contributed by atoms with E-state index in [9.17, 15) is 14.4 Å². The number of carbonyl (C=O) groups is 3. The zero-order valence-corrected chi connectivity index (χ0v) is 17.7. The Morgan fingerprint density at radius 3 is 2.66 bits per heavy atom. The van der Waals surface area contributed by atoms with Crippen molar-refractivity contribution >= 4 is 57.4 Å². The van der Waals surface area contributed by atoms with Gasteiger partial charge in [-0.25, -0.2) is 4.99 Å². The molecule has 1 heterocycles. The van der Waals surface area contributed by atoms with Gasteiger partial charge in [0.05, 0.1) is 23.6 Å². The van der Waals surface area contributed by atoms with Gasteiger partial charge in [0, 0.05) is 16.3 Å². The average molecular weight is 431 g/mol. The summed E-state index contributed by atoms with van der Waals surface area (Å²) in [5.41, 5.74) is 3.44. The lowest BCUT2D eigenvalue weighted by Gasteiger charge is -2.21. The molecule has 1 amide bonds. The number of halogens is 1. The van der Waals surface area contributed by atoms with Crippen molar-refractivity contribution in [2.75, 3.05) is 18.2 Å². The summed E-state index contributed by atoms with van der Waals surface area (Å²) in [6.45, 7) is 3.89. The van der Waals surface area contributed by atoms with Crippen LogP contribution in [0.2, 0.25) is 5.02 Å². The predicted octanol–water partition coefficient (Wildman–Crippen LogP) is 4.34. The molecule has 6 nitrogen and oxygen atoms in total. The fourth-order valence-corrected chi connectivity index (χ4v) is 4.03. The number of rotatable bonds is 4. The van der Waals surface area contributed by atoms with Gasteiger partial charge in [-0.2, -0.15) is 0 Å². The number of ketones is 1. The molecule has 3 rings (SSSR count). The largest absolute Gasteiger partial charge is 0.468 e. The molecule has 1 unspecified atom stereocenters. The fraction of sp³-hybridized carbons (Fsp3) is 0.238. The van der Waals surface area contributed by atoms with E-state index in [1.165, 1.54) is 13.2 Å². The summed E-state index contributed by atoms with van der Waals surface area (Å²) in [7, 11) is 1.21. The van der Waals surface area contributed by atoms with E-state index < -0.39 is 17.7 Å². The van der Waals surface area contributed by atoms with Crippen molar-refractivity contribution in [3.63, 3.8) is 0 Å². The third-order valence-electron chi connectivity index (χ3n) is 4.41. The van der Waals surface area contributed by atoms with Crippen LogP contribution in [0.25, 0.3) is 0 Å². The van der Waals surface area contributed by atoms with Crippen molar-refractivity contribution < 1.29 is 19.1 Å². The number of aryl methyl sites for hydroxylation is 2. The van der Waals surface area contributed by atoms with Gasteiger partial charge in [0.2, 0.25) is 5.91 Å². The Labute approximate surface area is 177 Å². The molecule has 0 spiro atoms. The predicted molar refractivity (Wildman–Crippen MR) is 115 cm³/mol. The zero-order chi connectivity index (χ0) is 21.1. The highest BCUT2D eigenvalue weighted by molar-refractivity contribution is 8.14. The second-order valence-electron chi connectivity index (χ2n) is 6.59. The van der Waals surface area contributed by atoms with Crippen molar-refractivity contribution in [1.82, 2.24) is 0 Å². The molecule has 29 heavy (non-hydrogen) atoms. The Morgan fingerprint density at radius 2 is 1.97 bits per heavy atom. The molecule has 1 aliphatic heterocycles. The van der Waals surface area contributed by atoms with Crippen LogP contribution < -0.4 is 5.32 Å². The Balaban J connectivity index is 1.79. The Bertz CT molecular complexity index is 1040. The van der Waals surface area contributed by atoms with Crippen molar-refractivity contribution in [3.05, 3.63) is 58.1 Å². The second-order valence-corrected chi connectivity index (χ2v) is 8.02. The number of fused-ring (bicyclic) bond motifs is 1. The first-order chi connectivity index (χ1) is 13.8. The molecular weight excluding hydrogens is 412 g/mol. The highest BCUT2D eigenvalue weighted by Gasteiger charge is 2.38. The van der Waals surface area contributed by atoms with Crippen LogP contribution in [-0.2, 0) is 14.3 Å². The average Bonchev–Trinajstić information content (AvgIpc) is 2.68. The number of methoxy groups -OCH3 is 1. The molecule has 0 aliphatic carbocycles. The highest BCUT2D eigenvalue weighted by Crippen LogP contribution is 2.34. The van der Waals surface area contributed by atoms with Crippen LogP contribution in [0, 0.1) is 19.8 Å². The standard InChI is InChI=1S/C21H19ClN2O4S/c1-11-4-6-15(12(2)8-11)23-17(25)10-29-20-18(21(27)28-3)19(26)14-9-13(22)5-7-16(14)24-20/h4-9,18H,10H2,1-3H3,(H,23,25). The first-order valence-corrected chi connectivity index (χ1v) is 10.2. The Kier molecular flexibility index (Phi) is 6.39. The summed E-state index contributed by atoms with van der Waals surface area (Å²) >= 11 is 7.01. The van der Waals surface area contributed by atoms with Crippen LogP contribution in [0.5, 0.6) is 0 Å². The summed E-state index contributed by atoms with van der Waals surface area (Å²) in [6.07, 6.45) is 0. The molecule has 0 bridgehead atoms. The summed E-state index contributed by atoms with van der Waals surface area (Å²) in [5.74, 6) is -2.63. The van der Waals surface area contributed by atoms with E-state index in [1.54, 1.807) is 12.1 Å². The number of nitrogens with one attached hydrogen (secondary N) is 1. The van der Waals surface area contributed by atoms with Gasteiger partial charge in [-0.3, -0.25) is 14.4 Å². The number of carbonyl (C=O) groups excluding carboxylic acids is 3. The minimum atomic E-state index is -1.20. The van der Waals surface area contributed by atoms with Crippen molar-refractivity contribution in [1.29, 1.82) is 0 Å². The Hall–Kier alpha value is -2.64. The summed E-state index contributed by atoms with van der Waals surface area (Å²) < 4.78 is 4.78. The van der Waals surface area contributed by atoms with Crippen molar-refractivity contribution in [3.8, 4) is 0 Å². The molecule has 0 fully saturated rings. The Morgan fingerprint density at radius 1 is 1.21 bits per heavy atom. The maximum Gasteiger partial charge on any atom is 0.323 e. The molecule has 0 saturated heterocycles. The molecule has 8 heteroatoms. The second kappa shape index (κ2) is 8.80. The van der Waals surface area contributed by atoms with Crippen LogP contribution in [0.4, 0.5) is 11.4 Å². The maximum atomic E-state index is 12.8. The van der Waals surface area contributed by atoms with Gasteiger partial charge >= 0.3 is 5.97 Å². The van der Waals surface area contributed by atoms with E-state index in [1.807, 2.05) is 32.0 Å². The lowest BCUT2D eigenvalue weighted by Crippen LogP contribution is -2.34. The minimum Gasteiger partial charge on any atom is -0.468 e. The molecular formula is C21H19ClN2O4S. The number of hydrogen-bond donors (Lipinski definition) is 1. The number of ether oxygens (including phenoxy) is 1. The van der Waals surface area contributed by atoms with Gasteiger partial charge in [-0.05, 0) is 43.7 Å². The number of amides is 1. The molecule has 2 aromatic rings. The van der Waals surface area contributed by atoms with Gasteiger partial charge in [0.25, 0.3) is 0 Å². The molecule has 1 aliphatic rings. The normalized spacial score (nSPS) is 15.4. The summed E-state index contributed by atoms with van der Waals surface area (Å²) in [6, 6.07) is 10.4. The smallest absolute Gasteiger partial charge is 0.323 e. The van der Waals surface area contributed by atoms with E-state index in [4.69, 9.17) is 16.3 Å². The van der Waals surface area contributed by atoms with E-state index >= 15 is 0 Å². The number of aliphatic imine (C=N–C) groups is 1. The number of anilines is 1. The lowest BCUT2D eigenvalue weighted by molar-refractivity contribution is -0.141. The van der Waals surface area contributed by atoms with Crippen LogP contribution in [-0.4, -0.2) is 35.6 Å². The van der Waals surface area contributed by atoms with E-state index in [0.717, 1.165) is 22.9 Å². The van der Waals surface area contributed by atoms with E-state index in [2.05, 4.69) is 10.3 Å². The molecule has 150 valence electrons. The van der Waals surface area contributed by atoms with Gasteiger partial charge in [0.15, 0.2) is 11.7 Å². The summed E-state index contributed by atoms with van der Waals surface area (Å²) in [4.78, 5) is 41.9. The number of thioether (sulfide) groups is 1. The third-order valence-corrected chi connectivity index (χ3v) is 5.67. The lowest BCUT2D eigenvalue weighted by atomic mass is 9.94. The minimum absolute atomic E-state index is 0.00412. The van der Waals surface area contributed by atoms with Crippen LogP contribution >= 0.6 is 23.4 Å². The number of benzene rings is 2. The molecule has 1 N–H and O–H groups in total. The molecule has 0 aromatic heterocycles. The van der Waals surface area contributed by atoms with Gasteiger partial charge in [-0.15, -0.1) is 0 Å². The van der Waals surface area contributed by atoms with Crippen molar-refractivity contribution in [2.45, 2.75) is 13.8 Å². The molecule has 0 radical (unpaired) electrons. The van der Waals surface area contributed by atoms with E-state index in [0.29, 0.717) is 16.4 Å². The van der Waals surface area contributed by atoms with Gasteiger partial charge in [0.1, 0.15) is 0 Å². The number of nitrogens with zero attached hydrogens (tertiary/aromatic N) is 1. The molecule has 2 aromatic carbocycles. The summed E-state index contributed by atoms with van der Waals surface area (Å²) in [5, 5.41) is 3.44. The fourth-order valence-electron chi connectivity index (χ4n) is 2.97. The van der Waals surface area contributed by atoms with Crippen LogP contribution in [0.15, 0.2) is 41.4 Å². The monoisotopic (exact) mass is 430 g/mol. The molecule has 0 saturated carbocycles. The van der Waals surface area contributed by atoms with E-state index in [-0.39, 0.29) is 22.3 Å². The number of Topliss-reactive ketones (excluding diaryl/α,β-unsaturated/α-hetero) is 1. The van der Waals surface area contributed by atoms with Crippen LogP contribution in [0.3, 0.4) is 0 Å². The van der Waals surface area contributed by atoms with Crippen LogP contribution in [0.1, 0.15) is 21.5 Å².